The Hall–Kier alpha value is -3.42. The Bertz CT molecular complexity index is 868. The molecule has 0 aliphatic carbocycles. The highest BCUT2D eigenvalue weighted by Gasteiger charge is 2.35. The van der Waals surface area contributed by atoms with Crippen molar-refractivity contribution in [2.24, 2.45) is 0 Å². The van der Waals surface area contributed by atoms with Crippen molar-refractivity contribution < 1.29 is 23.5 Å². The first kappa shape index (κ1) is 19.3. The zero-order chi connectivity index (χ0) is 20.1. The quantitative estimate of drug-likeness (QED) is 0.822. The van der Waals surface area contributed by atoms with Crippen LogP contribution in [0.3, 0.4) is 0 Å². The first-order valence-corrected chi connectivity index (χ1v) is 8.76. The maximum atomic E-state index is 13.1. The molecule has 0 bridgehead atoms. The van der Waals surface area contributed by atoms with E-state index >= 15 is 0 Å². The van der Waals surface area contributed by atoms with Crippen molar-refractivity contribution >= 4 is 23.4 Å². The van der Waals surface area contributed by atoms with Gasteiger partial charge in [-0.2, -0.15) is 0 Å². The number of hydrogen-bond acceptors (Lipinski definition) is 4. The van der Waals surface area contributed by atoms with Crippen LogP contribution in [0.5, 0.6) is 5.75 Å². The summed E-state index contributed by atoms with van der Waals surface area (Å²) in [6, 6.07) is 10.9. The molecule has 1 saturated heterocycles. The summed E-state index contributed by atoms with van der Waals surface area (Å²) in [5.41, 5.74) is 0.815. The van der Waals surface area contributed by atoms with E-state index in [1.54, 1.807) is 31.4 Å². The first-order valence-electron chi connectivity index (χ1n) is 8.76. The van der Waals surface area contributed by atoms with Crippen molar-refractivity contribution in [1.29, 1.82) is 0 Å². The molecule has 2 aromatic rings. The summed E-state index contributed by atoms with van der Waals surface area (Å²) < 4.78 is 18.2. The van der Waals surface area contributed by atoms with Crippen LogP contribution in [0.2, 0.25) is 0 Å². The number of carbonyl (C=O) groups excluding carboxylic acids is 3. The molecular weight excluding hydrogens is 365 g/mol. The molecule has 1 aliphatic rings. The highest BCUT2D eigenvalue weighted by atomic mass is 19.1. The largest absolute Gasteiger partial charge is 0.497 e. The number of carbonyl (C=O) groups is 3. The minimum Gasteiger partial charge on any atom is -0.497 e. The summed E-state index contributed by atoms with van der Waals surface area (Å²) in [4.78, 5) is 38.8. The zero-order valence-corrected chi connectivity index (χ0v) is 15.3. The SMILES string of the molecule is COc1ccc(NC(=O)C[C@@H]2C(=O)NCCN2C(=O)c2ccc(F)cc2)cc1. The standard InChI is InChI=1S/C20H20FN3O4/c1-28-16-8-6-15(7-9-16)23-18(25)12-17-19(26)22-10-11-24(17)20(27)13-2-4-14(21)5-3-13/h2-9,17H,10-12H2,1H3,(H,22,26)(H,23,25)/t17-/m1/s1. The average molecular weight is 385 g/mol. The molecule has 0 saturated carbocycles. The fraction of sp³-hybridized carbons (Fsp3) is 0.250. The number of amides is 3. The van der Waals surface area contributed by atoms with E-state index in [1.165, 1.54) is 29.2 Å². The minimum absolute atomic E-state index is 0.190. The lowest BCUT2D eigenvalue weighted by Gasteiger charge is -2.34. The Balaban J connectivity index is 1.71. The lowest BCUT2D eigenvalue weighted by Crippen LogP contribution is -2.58. The number of benzene rings is 2. The number of nitrogens with one attached hydrogen (secondary N) is 2. The lowest BCUT2D eigenvalue weighted by atomic mass is 10.1. The van der Waals surface area contributed by atoms with Crippen molar-refractivity contribution in [2.75, 3.05) is 25.5 Å². The van der Waals surface area contributed by atoms with Crippen LogP contribution in [0, 0.1) is 5.82 Å². The minimum atomic E-state index is -0.940. The number of anilines is 1. The molecule has 2 N–H and O–H groups in total. The summed E-state index contributed by atoms with van der Waals surface area (Å²) in [5, 5.41) is 5.38. The van der Waals surface area contributed by atoms with Crippen LogP contribution in [0.15, 0.2) is 48.5 Å². The van der Waals surface area contributed by atoms with E-state index in [4.69, 9.17) is 4.74 Å². The van der Waals surface area contributed by atoms with Crippen LogP contribution < -0.4 is 15.4 Å². The Morgan fingerprint density at radius 2 is 1.86 bits per heavy atom. The van der Waals surface area contributed by atoms with Gasteiger partial charge < -0.3 is 20.3 Å². The summed E-state index contributed by atoms with van der Waals surface area (Å²) in [6.07, 6.45) is -0.190. The van der Waals surface area contributed by atoms with Gasteiger partial charge in [0.25, 0.3) is 5.91 Å². The predicted molar refractivity (Wildman–Crippen MR) is 100 cm³/mol. The molecular formula is C20H20FN3O4. The van der Waals surface area contributed by atoms with E-state index in [0.29, 0.717) is 18.0 Å². The average Bonchev–Trinajstić information content (AvgIpc) is 2.70. The van der Waals surface area contributed by atoms with Crippen LogP contribution >= 0.6 is 0 Å². The van der Waals surface area contributed by atoms with Gasteiger partial charge in [0, 0.05) is 24.3 Å². The molecule has 28 heavy (non-hydrogen) atoms. The van der Waals surface area contributed by atoms with E-state index < -0.39 is 29.6 Å². The normalized spacial score (nSPS) is 16.3. The number of halogens is 1. The van der Waals surface area contributed by atoms with Crippen LogP contribution in [0.25, 0.3) is 0 Å². The van der Waals surface area contributed by atoms with Gasteiger partial charge in [0.2, 0.25) is 11.8 Å². The van der Waals surface area contributed by atoms with Crippen LogP contribution in [-0.2, 0) is 9.59 Å². The number of ether oxygens (including phenoxy) is 1. The van der Waals surface area contributed by atoms with Crippen LogP contribution in [0.4, 0.5) is 10.1 Å². The molecule has 2 aromatic carbocycles. The molecule has 0 aromatic heterocycles. The molecule has 1 atom stereocenters. The van der Waals surface area contributed by atoms with Gasteiger partial charge in [0.1, 0.15) is 17.6 Å². The van der Waals surface area contributed by atoms with Crippen molar-refractivity contribution in [1.82, 2.24) is 10.2 Å². The van der Waals surface area contributed by atoms with Crippen LogP contribution in [-0.4, -0.2) is 48.9 Å². The van der Waals surface area contributed by atoms with E-state index in [9.17, 15) is 18.8 Å². The molecule has 1 heterocycles. The van der Waals surface area contributed by atoms with Gasteiger partial charge in [-0.15, -0.1) is 0 Å². The highest BCUT2D eigenvalue weighted by Crippen LogP contribution is 2.18. The molecule has 7 nitrogen and oxygen atoms in total. The van der Waals surface area contributed by atoms with E-state index in [1.807, 2.05) is 0 Å². The predicted octanol–water partition coefficient (Wildman–Crippen LogP) is 1.80. The second-order valence-electron chi connectivity index (χ2n) is 6.29. The van der Waals surface area contributed by atoms with Gasteiger partial charge in [0.15, 0.2) is 0 Å². The first-order chi connectivity index (χ1) is 13.5. The molecule has 3 amide bonds. The fourth-order valence-corrected chi connectivity index (χ4v) is 2.98. The summed E-state index contributed by atoms with van der Waals surface area (Å²) >= 11 is 0. The third-order valence-corrected chi connectivity index (χ3v) is 4.44. The van der Waals surface area contributed by atoms with Crippen LogP contribution in [0.1, 0.15) is 16.8 Å². The molecule has 1 aliphatic heterocycles. The van der Waals surface area contributed by atoms with Gasteiger partial charge >= 0.3 is 0 Å². The monoisotopic (exact) mass is 385 g/mol. The molecule has 8 heteroatoms. The number of nitrogens with zero attached hydrogens (tertiary/aromatic N) is 1. The van der Waals surface area contributed by atoms with Crippen molar-refractivity contribution in [3.05, 3.63) is 59.9 Å². The van der Waals surface area contributed by atoms with Gasteiger partial charge in [-0.05, 0) is 48.5 Å². The third kappa shape index (κ3) is 4.46. The van der Waals surface area contributed by atoms with Crippen molar-refractivity contribution in [3.63, 3.8) is 0 Å². The summed E-state index contributed by atoms with van der Waals surface area (Å²) in [6.45, 7) is 0.560. The smallest absolute Gasteiger partial charge is 0.254 e. The molecule has 3 rings (SSSR count). The maximum Gasteiger partial charge on any atom is 0.254 e. The topological polar surface area (TPSA) is 87.7 Å². The van der Waals surface area contributed by atoms with Crippen molar-refractivity contribution in [2.45, 2.75) is 12.5 Å². The number of rotatable bonds is 5. The van der Waals surface area contributed by atoms with Gasteiger partial charge in [-0.3, -0.25) is 14.4 Å². The molecule has 0 spiro atoms. The highest BCUT2D eigenvalue weighted by molar-refractivity contribution is 6.01. The zero-order valence-electron chi connectivity index (χ0n) is 15.3. The van der Waals surface area contributed by atoms with Gasteiger partial charge in [-0.1, -0.05) is 0 Å². The third-order valence-electron chi connectivity index (χ3n) is 4.44. The Morgan fingerprint density at radius 3 is 2.50 bits per heavy atom. The molecule has 0 unspecified atom stereocenters. The van der Waals surface area contributed by atoms with Gasteiger partial charge in [-0.25, -0.2) is 4.39 Å². The summed E-state index contributed by atoms with van der Waals surface area (Å²) in [7, 11) is 1.54. The second kappa shape index (κ2) is 8.51. The fourth-order valence-electron chi connectivity index (χ4n) is 2.98. The Morgan fingerprint density at radius 1 is 1.18 bits per heavy atom. The number of hydrogen-bond donors (Lipinski definition) is 2. The Labute approximate surface area is 161 Å². The second-order valence-corrected chi connectivity index (χ2v) is 6.29. The lowest BCUT2D eigenvalue weighted by molar-refractivity contribution is -0.131. The van der Waals surface area contributed by atoms with Gasteiger partial charge in [0.05, 0.1) is 13.5 Å². The number of methoxy groups -OCH3 is 1. The Kier molecular flexibility index (Phi) is 5.88. The van der Waals surface area contributed by atoms with E-state index in [0.717, 1.165) is 0 Å². The van der Waals surface area contributed by atoms with Crippen molar-refractivity contribution in [3.8, 4) is 5.75 Å². The maximum absolute atomic E-state index is 13.1. The summed E-state index contributed by atoms with van der Waals surface area (Å²) in [5.74, 6) is -1.02. The molecule has 1 fully saturated rings. The molecule has 0 radical (unpaired) electrons. The molecule has 146 valence electrons. The van der Waals surface area contributed by atoms with E-state index in [2.05, 4.69) is 10.6 Å². The number of piperazine rings is 1. The van der Waals surface area contributed by atoms with E-state index in [-0.39, 0.29) is 18.5 Å².